The number of nitrogens with zero attached hydrogens (tertiary/aromatic N) is 2. The van der Waals surface area contributed by atoms with Crippen molar-refractivity contribution in [2.45, 2.75) is 12.5 Å². The number of nitrogens with two attached hydrogens (primary N) is 1. The molecule has 0 aromatic heterocycles. The molecule has 1 heterocycles. The van der Waals surface area contributed by atoms with Crippen molar-refractivity contribution in [3.8, 4) is 0 Å². The van der Waals surface area contributed by atoms with Crippen LogP contribution in [-0.2, 0) is 11.2 Å². The highest BCUT2D eigenvalue weighted by Crippen LogP contribution is 2.15. The van der Waals surface area contributed by atoms with Gasteiger partial charge in [-0.2, -0.15) is 10.5 Å². The maximum atomic E-state index is 11.6. The number of hydrogen-bond acceptors (Lipinski definition) is 6. The zero-order valence-corrected chi connectivity index (χ0v) is 9.50. The highest BCUT2D eigenvalue weighted by molar-refractivity contribution is 5.83. The normalized spacial score (nSPS) is 19.8. The van der Waals surface area contributed by atoms with Crippen LogP contribution in [0.25, 0.3) is 0 Å². The van der Waals surface area contributed by atoms with E-state index in [1.807, 2.05) is 0 Å². The highest BCUT2D eigenvalue weighted by Gasteiger charge is 2.31. The molecule has 1 aromatic rings. The molecule has 1 amide bonds. The Morgan fingerprint density at radius 3 is 2.72 bits per heavy atom. The summed E-state index contributed by atoms with van der Waals surface area (Å²) in [5.41, 5.74) is 3.30. The third kappa shape index (κ3) is 2.45. The van der Waals surface area contributed by atoms with Gasteiger partial charge >= 0.3 is 0 Å². The Morgan fingerprint density at radius 1 is 1.50 bits per heavy atom. The molecule has 1 atom stereocenters. The van der Waals surface area contributed by atoms with Gasteiger partial charge in [0, 0.05) is 12.1 Å². The molecule has 96 valence electrons. The van der Waals surface area contributed by atoms with Crippen molar-refractivity contribution in [2.75, 3.05) is 6.67 Å². The summed E-state index contributed by atoms with van der Waals surface area (Å²) in [6.45, 7) is 0.340. The fraction of sp³-hybridized carbons (Fsp3) is 0.300. The SMILES string of the molecule is NNN1CNC(=O)C1Cc1ccc([N+](=O)[O-])cc1. The van der Waals surface area contributed by atoms with E-state index in [2.05, 4.69) is 10.9 Å². The predicted octanol–water partition coefficient (Wildman–Crippen LogP) is -0.726. The number of nitro groups is 1. The van der Waals surface area contributed by atoms with Crippen LogP contribution in [0, 0.1) is 10.1 Å². The molecule has 1 saturated heterocycles. The molecular weight excluding hydrogens is 238 g/mol. The van der Waals surface area contributed by atoms with Crippen molar-refractivity contribution >= 4 is 11.6 Å². The summed E-state index contributed by atoms with van der Waals surface area (Å²) in [6, 6.07) is 5.71. The highest BCUT2D eigenvalue weighted by atomic mass is 16.6. The minimum absolute atomic E-state index is 0.0310. The standard InChI is InChI=1S/C10H13N5O3/c11-13-14-6-12-10(16)9(14)5-7-1-3-8(4-2-7)15(17)18/h1-4,9,13H,5-6,11H2,(H,12,16). The number of hydrogen-bond donors (Lipinski definition) is 3. The van der Waals surface area contributed by atoms with Crippen LogP contribution < -0.4 is 16.7 Å². The van der Waals surface area contributed by atoms with E-state index in [1.54, 1.807) is 17.1 Å². The molecule has 0 spiro atoms. The largest absolute Gasteiger partial charge is 0.341 e. The lowest BCUT2D eigenvalue weighted by molar-refractivity contribution is -0.384. The number of nitrogens with one attached hydrogen (secondary N) is 2. The molecule has 8 heteroatoms. The number of carbonyl (C=O) groups excluding carboxylic acids is 1. The minimum Gasteiger partial charge on any atom is -0.341 e. The van der Waals surface area contributed by atoms with E-state index in [1.165, 1.54) is 12.1 Å². The maximum Gasteiger partial charge on any atom is 0.269 e. The lowest BCUT2D eigenvalue weighted by Crippen LogP contribution is -2.48. The quantitative estimate of drug-likeness (QED) is 0.369. The first-order valence-corrected chi connectivity index (χ1v) is 5.35. The summed E-state index contributed by atoms with van der Waals surface area (Å²) >= 11 is 0. The molecular formula is C10H13N5O3. The van der Waals surface area contributed by atoms with Crippen LogP contribution in [0.3, 0.4) is 0 Å². The van der Waals surface area contributed by atoms with E-state index in [9.17, 15) is 14.9 Å². The van der Waals surface area contributed by atoms with E-state index < -0.39 is 11.0 Å². The van der Waals surface area contributed by atoms with Crippen LogP contribution >= 0.6 is 0 Å². The molecule has 0 saturated carbocycles. The minimum atomic E-state index is -0.459. The number of benzene rings is 1. The van der Waals surface area contributed by atoms with Gasteiger partial charge in [0.05, 0.1) is 11.6 Å². The summed E-state index contributed by atoms with van der Waals surface area (Å²) in [6.07, 6.45) is 0.439. The van der Waals surface area contributed by atoms with Gasteiger partial charge in [-0.25, -0.2) is 0 Å². The molecule has 0 radical (unpaired) electrons. The molecule has 0 aliphatic carbocycles. The van der Waals surface area contributed by atoms with Crippen LogP contribution in [0.2, 0.25) is 0 Å². The Bertz CT molecular complexity index is 461. The topological polar surface area (TPSA) is 114 Å². The first-order chi connectivity index (χ1) is 8.61. The number of nitro benzene ring substituents is 1. The zero-order chi connectivity index (χ0) is 13.1. The molecule has 1 aliphatic heterocycles. The molecule has 1 aromatic carbocycles. The van der Waals surface area contributed by atoms with E-state index in [-0.39, 0.29) is 11.6 Å². The fourth-order valence-electron chi connectivity index (χ4n) is 1.85. The number of carbonyl (C=O) groups is 1. The lowest BCUT2D eigenvalue weighted by atomic mass is 10.1. The smallest absolute Gasteiger partial charge is 0.269 e. The van der Waals surface area contributed by atoms with Crippen molar-refractivity contribution in [1.82, 2.24) is 15.9 Å². The number of rotatable bonds is 4. The van der Waals surface area contributed by atoms with Gasteiger partial charge in [-0.3, -0.25) is 20.8 Å². The third-order valence-electron chi connectivity index (χ3n) is 2.84. The second-order valence-electron chi connectivity index (χ2n) is 3.94. The molecule has 4 N–H and O–H groups in total. The van der Waals surface area contributed by atoms with E-state index >= 15 is 0 Å². The number of hydrazine groups is 2. The van der Waals surface area contributed by atoms with Gasteiger partial charge in [0.1, 0.15) is 6.04 Å². The Labute approximate surface area is 103 Å². The summed E-state index contributed by atoms with van der Waals surface area (Å²) in [7, 11) is 0. The molecule has 1 aliphatic rings. The van der Waals surface area contributed by atoms with Crippen LogP contribution in [0.5, 0.6) is 0 Å². The molecule has 2 rings (SSSR count). The lowest BCUT2D eigenvalue weighted by Gasteiger charge is -2.19. The maximum absolute atomic E-state index is 11.6. The van der Waals surface area contributed by atoms with Crippen LogP contribution in [0.1, 0.15) is 5.56 Å². The molecule has 1 unspecified atom stereocenters. The van der Waals surface area contributed by atoms with Crippen LogP contribution in [0.15, 0.2) is 24.3 Å². The van der Waals surface area contributed by atoms with Crippen molar-refractivity contribution in [2.24, 2.45) is 5.84 Å². The Morgan fingerprint density at radius 2 is 2.17 bits per heavy atom. The molecule has 18 heavy (non-hydrogen) atoms. The van der Waals surface area contributed by atoms with Gasteiger partial charge < -0.3 is 5.32 Å². The van der Waals surface area contributed by atoms with Gasteiger partial charge in [-0.05, 0) is 12.0 Å². The average molecular weight is 251 g/mol. The first-order valence-electron chi connectivity index (χ1n) is 5.35. The summed E-state index contributed by atoms with van der Waals surface area (Å²) in [4.78, 5) is 21.6. The Hall–Kier alpha value is -2.03. The fourth-order valence-corrected chi connectivity index (χ4v) is 1.85. The zero-order valence-electron chi connectivity index (χ0n) is 9.50. The predicted molar refractivity (Wildman–Crippen MR) is 62.8 cm³/mol. The summed E-state index contributed by atoms with van der Waals surface area (Å²) in [5, 5.41) is 14.7. The Kier molecular flexibility index (Phi) is 3.51. The van der Waals surface area contributed by atoms with Gasteiger partial charge in [0.25, 0.3) is 5.69 Å². The average Bonchev–Trinajstić information content (AvgIpc) is 2.71. The van der Waals surface area contributed by atoms with Crippen LogP contribution in [-0.4, -0.2) is 28.5 Å². The van der Waals surface area contributed by atoms with Gasteiger partial charge in [0.2, 0.25) is 5.91 Å². The van der Waals surface area contributed by atoms with E-state index in [4.69, 9.17) is 5.84 Å². The second kappa shape index (κ2) is 5.08. The van der Waals surface area contributed by atoms with Gasteiger partial charge in [-0.15, -0.1) is 0 Å². The second-order valence-corrected chi connectivity index (χ2v) is 3.94. The van der Waals surface area contributed by atoms with Crippen molar-refractivity contribution in [3.63, 3.8) is 0 Å². The van der Waals surface area contributed by atoms with Crippen LogP contribution in [0.4, 0.5) is 5.69 Å². The molecule has 0 bridgehead atoms. The first kappa shape index (κ1) is 12.4. The van der Waals surface area contributed by atoms with Crippen molar-refractivity contribution in [3.05, 3.63) is 39.9 Å². The van der Waals surface area contributed by atoms with E-state index in [0.717, 1.165) is 5.56 Å². The van der Waals surface area contributed by atoms with Gasteiger partial charge in [-0.1, -0.05) is 12.1 Å². The van der Waals surface area contributed by atoms with Gasteiger partial charge in [0.15, 0.2) is 0 Å². The molecule has 8 nitrogen and oxygen atoms in total. The third-order valence-corrected chi connectivity index (χ3v) is 2.84. The van der Waals surface area contributed by atoms with Crippen molar-refractivity contribution < 1.29 is 9.72 Å². The van der Waals surface area contributed by atoms with E-state index in [0.29, 0.717) is 13.1 Å². The van der Waals surface area contributed by atoms with Crippen molar-refractivity contribution in [1.29, 1.82) is 0 Å². The number of non-ortho nitro benzene ring substituents is 1. The Balaban J connectivity index is 2.09. The summed E-state index contributed by atoms with van der Waals surface area (Å²) in [5.74, 6) is 5.18. The monoisotopic (exact) mass is 251 g/mol. The molecule has 1 fully saturated rings. The summed E-state index contributed by atoms with van der Waals surface area (Å²) < 4.78 is 0. The number of amides is 1.